The van der Waals surface area contributed by atoms with Crippen LogP contribution >= 0.6 is 0 Å². The Morgan fingerprint density at radius 2 is 1.77 bits per heavy atom. The molecule has 0 aliphatic carbocycles. The van der Waals surface area contributed by atoms with Gasteiger partial charge < -0.3 is 24.4 Å². The predicted molar refractivity (Wildman–Crippen MR) is 146 cm³/mol. The van der Waals surface area contributed by atoms with Gasteiger partial charge in [-0.3, -0.25) is 9.59 Å². The molecule has 198 valence electrons. The predicted octanol–water partition coefficient (Wildman–Crippen LogP) is 4.99. The number of phenols is 1. The van der Waals surface area contributed by atoms with Crippen molar-refractivity contribution in [2.24, 2.45) is 0 Å². The van der Waals surface area contributed by atoms with E-state index in [0.29, 0.717) is 43.0 Å². The average molecular weight is 524 g/mol. The fourth-order valence-corrected chi connectivity index (χ4v) is 4.79. The summed E-state index contributed by atoms with van der Waals surface area (Å²) in [5, 5.41) is 21.1. The molecule has 1 fully saturated rings. The lowest BCUT2D eigenvalue weighted by molar-refractivity contribution is -0.139. The number of phenolic OH excluding ortho intramolecular Hbond substituents is 1. The Morgan fingerprint density at radius 3 is 2.46 bits per heavy atom. The second-order valence-electron chi connectivity index (χ2n) is 9.54. The zero-order valence-corrected chi connectivity index (χ0v) is 21.5. The molecule has 0 bridgehead atoms. The third kappa shape index (κ3) is 5.70. The van der Waals surface area contributed by atoms with Crippen LogP contribution in [-0.2, 0) is 22.7 Å². The van der Waals surface area contributed by atoms with E-state index in [1.807, 2.05) is 35.9 Å². The molecular formula is C31H29N3O5. The van der Waals surface area contributed by atoms with Gasteiger partial charge in [-0.2, -0.15) is 0 Å². The summed E-state index contributed by atoms with van der Waals surface area (Å²) in [6.45, 7) is 3.35. The number of aliphatic hydroxyl groups is 1. The van der Waals surface area contributed by atoms with Crippen molar-refractivity contribution in [1.82, 2.24) is 14.5 Å². The number of Topliss-reactive ketones (excluding diaryl/α,β-unsaturated/α-hetero) is 1. The summed E-state index contributed by atoms with van der Waals surface area (Å²) in [5.74, 6) is -0.986. The normalized spacial score (nSPS) is 16.5. The van der Waals surface area contributed by atoms with Crippen LogP contribution in [0.4, 0.5) is 0 Å². The number of benzene rings is 3. The lowest BCUT2D eigenvalue weighted by atomic mass is 9.95. The van der Waals surface area contributed by atoms with Gasteiger partial charge in [-0.05, 0) is 60.9 Å². The number of rotatable bonds is 9. The number of likely N-dealkylation sites (tertiary alicyclic amines) is 1. The summed E-state index contributed by atoms with van der Waals surface area (Å²) < 4.78 is 7.78. The SMILES string of the molecule is Cc1cccc(COc2ccc(/C(O)=C3\C(=O)C(=O)N(CCCn4ccnc4)[C@@H]3c3ccc(O)cc3)cc2)c1. The summed E-state index contributed by atoms with van der Waals surface area (Å²) >= 11 is 0. The third-order valence-corrected chi connectivity index (χ3v) is 6.74. The van der Waals surface area contributed by atoms with Crippen LogP contribution in [0.25, 0.3) is 5.76 Å². The number of amides is 1. The summed E-state index contributed by atoms with van der Waals surface area (Å²) in [6.07, 6.45) is 5.80. The van der Waals surface area contributed by atoms with Crippen molar-refractivity contribution in [3.8, 4) is 11.5 Å². The molecule has 1 saturated heterocycles. The van der Waals surface area contributed by atoms with Crippen molar-refractivity contribution in [1.29, 1.82) is 0 Å². The number of hydrogen-bond acceptors (Lipinski definition) is 6. The monoisotopic (exact) mass is 523 g/mol. The van der Waals surface area contributed by atoms with Gasteiger partial charge in [0.2, 0.25) is 0 Å². The van der Waals surface area contributed by atoms with Crippen molar-refractivity contribution < 1.29 is 24.5 Å². The van der Waals surface area contributed by atoms with Crippen molar-refractivity contribution in [3.63, 3.8) is 0 Å². The second-order valence-corrected chi connectivity index (χ2v) is 9.54. The van der Waals surface area contributed by atoms with E-state index in [2.05, 4.69) is 11.1 Å². The van der Waals surface area contributed by atoms with Crippen LogP contribution in [0.1, 0.15) is 34.7 Å². The Kier molecular flexibility index (Phi) is 7.45. The van der Waals surface area contributed by atoms with Crippen LogP contribution in [0.3, 0.4) is 0 Å². The Morgan fingerprint density at radius 1 is 1.00 bits per heavy atom. The number of ether oxygens (including phenoxy) is 1. The minimum atomic E-state index is -0.786. The minimum absolute atomic E-state index is 0.0155. The van der Waals surface area contributed by atoms with Crippen LogP contribution in [-0.4, -0.2) is 42.9 Å². The van der Waals surface area contributed by atoms with E-state index in [4.69, 9.17) is 4.74 Å². The number of aryl methyl sites for hydroxylation is 2. The highest BCUT2D eigenvalue weighted by Gasteiger charge is 2.45. The summed E-state index contributed by atoms with van der Waals surface area (Å²) in [7, 11) is 0. The third-order valence-electron chi connectivity index (χ3n) is 6.74. The lowest BCUT2D eigenvalue weighted by Gasteiger charge is -2.25. The summed E-state index contributed by atoms with van der Waals surface area (Å²) in [4.78, 5) is 31.9. The maximum atomic E-state index is 13.2. The number of carbonyl (C=O) groups excluding carboxylic acids is 2. The summed E-state index contributed by atoms with van der Waals surface area (Å²) in [5.41, 5.74) is 3.23. The Labute approximate surface area is 226 Å². The Bertz CT molecular complexity index is 1490. The van der Waals surface area contributed by atoms with E-state index in [1.54, 1.807) is 48.9 Å². The van der Waals surface area contributed by atoms with Gasteiger partial charge in [-0.25, -0.2) is 4.98 Å². The van der Waals surface area contributed by atoms with Gasteiger partial charge in [-0.1, -0.05) is 42.0 Å². The smallest absolute Gasteiger partial charge is 0.295 e. The van der Waals surface area contributed by atoms with E-state index >= 15 is 0 Å². The van der Waals surface area contributed by atoms with Crippen molar-refractivity contribution >= 4 is 17.4 Å². The molecule has 1 aromatic heterocycles. The number of hydrogen-bond donors (Lipinski definition) is 2. The first-order valence-corrected chi connectivity index (χ1v) is 12.7. The quantitative estimate of drug-likeness (QED) is 0.182. The van der Waals surface area contributed by atoms with Gasteiger partial charge in [0, 0.05) is 31.0 Å². The van der Waals surface area contributed by atoms with Crippen molar-refractivity contribution in [3.05, 3.63) is 119 Å². The summed E-state index contributed by atoms with van der Waals surface area (Å²) in [6, 6.07) is 20.4. The number of aromatic nitrogens is 2. The van der Waals surface area contributed by atoms with Crippen LogP contribution in [0, 0.1) is 6.92 Å². The molecule has 39 heavy (non-hydrogen) atoms. The molecule has 1 amide bonds. The van der Waals surface area contributed by atoms with Gasteiger partial charge >= 0.3 is 0 Å². The highest BCUT2D eigenvalue weighted by Crippen LogP contribution is 2.40. The van der Waals surface area contributed by atoms with Crippen LogP contribution < -0.4 is 4.74 Å². The molecule has 3 aromatic carbocycles. The van der Waals surface area contributed by atoms with Crippen molar-refractivity contribution in [2.45, 2.75) is 32.5 Å². The second kappa shape index (κ2) is 11.3. The molecule has 0 radical (unpaired) electrons. The Balaban J connectivity index is 1.41. The maximum Gasteiger partial charge on any atom is 0.295 e. The molecule has 8 nitrogen and oxygen atoms in total. The number of aromatic hydroxyl groups is 1. The van der Waals surface area contributed by atoms with Gasteiger partial charge in [0.1, 0.15) is 23.9 Å². The van der Waals surface area contributed by atoms with Gasteiger partial charge in [-0.15, -0.1) is 0 Å². The van der Waals surface area contributed by atoms with Crippen LogP contribution in [0.2, 0.25) is 0 Å². The largest absolute Gasteiger partial charge is 0.508 e. The highest BCUT2D eigenvalue weighted by molar-refractivity contribution is 6.46. The van der Waals surface area contributed by atoms with E-state index in [0.717, 1.165) is 11.1 Å². The molecule has 1 aliphatic rings. The molecular weight excluding hydrogens is 494 g/mol. The fourth-order valence-electron chi connectivity index (χ4n) is 4.79. The molecule has 4 aromatic rings. The molecule has 2 heterocycles. The van der Waals surface area contributed by atoms with E-state index in [1.165, 1.54) is 17.0 Å². The zero-order valence-electron chi connectivity index (χ0n) is 21.5. The van der Waals surface area contributed by atoms with E-state index in [9.17, 15) is 19.8 Å². The molecule has 1 aliphatic heterocycles. The van der Waals surface area contributed by atoms with Gasteiger partial charge in [0.05, 0.1) is 17.9 Å². The maximum absolute atomic E-state index is 13.2. The first-order valence-electron chi connectivity index (χ1n) is 12.7. The molecule has 2 N–H and O–H groups in total. The molecule has 0 unspecified atom stereocenters. The zero-order chi connectivity index (χ0) is 27.4. The molecule has 0 saturated carbocycles. The van der Waals surface area contributed by atoms with E-state index < -0.39 is 17.7 Å². The number of imidazole rings is 1. The van der Waals surface area contributed by atoms with E-state index in [-0.39, 0.29) is 17.1 Å². The van der Waals surface area contributed by atoms with Crippen LogP contribution in [0.5, 0.6) is 11.5 Å². The highest BCUT2D eigenvalue weighted by atomic mass is 16.5. The lowest BCUT2D eigenvalue weighted by Crippen LogP contribution is -2.31. The standard InChI is InChI=1S/C31H29N3O5/c1-21-4-2-5-22(18-21)19-39-26-12-8-24(9-13-26)29(36)27-28(23-6-10-25(35)11-7-23)34(31(38)30(27)37)16-3-15-33-17-14-32-20-33/h2,4-14,17-18,20,28,35-36H,3,15-16,19H2,1H3/b29-27+/t28-/m1/s1. The molecule has 8 heteroatoms. The first kappa shape index (κ1) is 25.8. The molecule has 5 rings (SSSR count). The van der Waals surface area contributed by atoms with Gasteiger partial charge in [0.15, 0.2) is 0 Å². The fraction of sp³-hybridized carbons (Fsp3) is 0.194. The number of aliphatic hydroxyl groups excluding tert-OH is 1. The molecule has 0 spiro atoms. The molecule has 1 atom stereocenters. The number of ketones is 1. The topological polar surface area (TPSA) is 105 Å². The Hall–Kier alpha value is -4.85. The van der Waals surface area contributed by atoms with Gasteiger partial charge in [0.25, 0.3) is 11.7 Å². The van der Waals surface area contributed by atoms with Crippen molar-refractivity contribution in [2.75, 3.05) is 6.54 Å². The minimum Gasteiger partial charge on any atom is -0.508 e. The van der Waals surface area contributed by atoms with Crippen LogP contribution in [0.15, 0.2) is 97.1 Å². The number of nitrogens with zero attached hydrogens (tertiary/aromatic N) is 3. The first-order chi connectivity index (χ1) is 18.9. The average Bonchev–Trinajstić information content (AvgIpc) is 3.55. The number of carbonyl (C=O) groups is 2.